The number of guanidine groups is 1. The Balaban J connectivity index is 1.62. The minimum absolute atomic E-state index is 0.0754. The second kappa shape index (κ2) is 12.5. The topological polar surface area (TPSA) is 117 Å². The maximum absolute atomic E-state index is 12.5. The Morgan fingerprint density at radius 2 is 1.50 bits per heavy atom. The summed E-state index contributed by atoms with van der Waals surface area (Å²) in [4.78, 5) is 32.3. The molecule has 4 aromatic rings. The highest BCUT2D eigenvalue weighted by molar-refractivity contribution is 6.32. The molecule has 0 fully saturated rings. The molecular weight excluding hydrogens is 577 g/mol. The van der Waals surface area contributed by atoms with Gasteiger partial charge >= 0.3 is 12.2 Å². The molecule has 42 heavy (non-hydrogen) atoms. The van der Waals surface area contributed by atoms with Gasteiger partial charge in [-0.2, -0.15) is 0 Å². The van der Waals surface area contributed by atoms with Crippen molar-refractivity contribution in [3.05, 3.63) is 70.2 Å². The second-order valence-corrected chi connectivity index (χ2v) is 12.6. The Labute approximate surface area is 255 Å². The number of H-pyrrole nitrogens is 1. The van der Waals surface area contributed by atoms with Gasteiger partial charge in [0.25, 0.3) is 0 Å². The normalized spacial score (nSPS) is 12.3. The first-order valence-electron chi connectivity index (χ1n) is 13.5. The number of alkyl carbamates (subject to hydrolysis) is 1. The highest BCUT2D eigenvalue weighted by Crippen LogP contribution is 2.33. The fraction of sp³-hybridized carbons (Fsp3) is 0.323. The lowest BCUT2D eigenvalue weighted by atomic mass is 10.0. The molecule has 0 atom stereocenters. The first kappa shape index (κ1) is 31.0. The summed E-state index contributed by atoms with van der Waals surface area (Å²) in [5.74, 6) is -0.0754. The Morgan fingerprint density at radius 1 is 0.833 bits per heavy atom. The van der Waals surface area contributed by atoms with E-state index in [4.69, 9.17) is 32.7 Å². The number of nitrogens with zero attached hydrogens (tertiary/aromatic N) is 1. The number of anilines is 2. The zero-order valence-electron chi connectivity index (χ0n) is 24.4. The summed E-state index contributed by atoms with van der Waals surface area (Å²) in [6, 6.07) is 17.3. The smallest absolute Gasteiger partial charge is 0.437 e. The Kier molecular flexibility index (Phi) is 9.23. The molecule has 1 heterocycles. The molecular formula is C31H35Cl2N5O4. The van der Waals surface area contributed by atoms with E-state index >= 15 is 0 Å². The molecule has 0 aliphatic carbocycles. The second-order valence-electron chi connectivity index (χ2n) is 11.7. The number of rotatable bonds is 5. The third-order valence-corrected chi connectivity index (χ3v) is 6.27. The van der Waals surface area contributed by atoms with Crippen molar-refractivity contribution in [2.45, 2.75) is 59.2 Å². The standard InChI is InChI=1S/C31H35Cl2N5O4/c1-30(2,3)41-28(39)37-27(38-29(40)42-31(4,5)6)34-14-13-18-15-22(35-21-10-7-19(32)8-11-21)17-24-23-16-20(33)9-12-25(23)36-26(18)24/h7-12,15-17,35-36H,13-14H2,1-6H3,(H2,34,37,38,39,40). The number of nitrogens with one attached hydrogen (secondary N) is 4. The van der Waals surface area contributed by atoms with E-state index in [1.807, 2.05) is 48.5 Å². The molecule has 222 valence electrons. The van der Waals surface area contributed by atoms with Crippen LogP contribution in [0.1, 0.15) is 47.1 Å². The van der Waals surface area contributed by atoms with Gasteiger partial charge in [-0.1, -0.05) is 23.2 Å². The number of hydrogen-bond acceptors (Lipinski definition) is 5. The molecule has 4 rings (SSSR count). The van der Waals surface area contributed by atoms with E-state index in [1.165, 1.54) is 0 Å². The van der Waals surface area contributed by atoms with Gasteiger partial charge in [-0.3, -0.25) is 5.32 Å². The van der Waals surface area contributed by atoms with E-state index in [2.05, 4.69) is 32.0 Å². The van der Waals surface area contributed by atoms with Crippen LogP contribution in [0.25, 0.3) is 21.8 Å². The molecule has 9 nitrogen and oxygen atoms in total. The van der Waals surface area contributed by atoms with E-state index in [0.29, 0.717) is 23.0 Å². The Morgan fingerprint density at radius 3 is 2.17 bits per heavy atom. The molecule has 0 radical (unpaired) electrons. The van der Waals surface area contributed by atoms with Gasteiger partial charge in [0.1, 0.15) is 11.2 Å². The van der Waals surface area contributed by atoms with Crippen molar-refractivity contribution in [2.24, 2.45) is 4.99 Å². The molecule has 0 unspecified atom stereocenters. The van der Waals surface area contributed by atoms with Gasteiger partial charge in [0.05, 0.1) is 0 Å². The number of halogens is 2. The SMILES string of the molecule is CC(C)(C)OC(=O)/N=C(\NCCc1cc(Nc2ccc(Cl)cc2)cc2c1[nH]c1ccc(Cl)cc12)NC(=O)OC(C)(C)C. The van der Waals surface area contributed by atoms with E-state index in [1.54, 1.807) is 41.5 Å². The van der Waals surface area contributed by atoms with E-state index < -0.39 is 23.4 Å². The summed E-state index contributed by atoms with van der Waals surface area (Å²) in [7, 11) is 0. The zero-order chi connectivity index (χ0) is 30.7. The highest BCUT2D eigenvalue weighted by atomic mass is 35.5. The lowest BCUT2D eigenvalue weighted by Gasteiger charge is -2.21. The van der Waals surface area contributed by atoms with E-state index in [-0.39, 0.29) is 5.96 Å². The summed E-state index contributed by atoms with van der Waals surface area (Å²) < 4.78 is 10.6. The lowest BCUT2D eigenvalue weighted by Crippen LogP contribution is -2.44. The van der Waals surface area contributed by atoms with Crippen molar-refractivity contribution >= 4 is 74.5 Å². The zero-order valence-corrected chi connectivity index (χ0v) is 26.0. The summed E-state index contributed by atoms with van der Waals surface area (Å²) in [5, 5.41) is 12.3. The molecule has 2 amide bonds. The molecule has 11 heteroatoms. The van der Waals surface area contributed by atoms with Crippen LogP contribution in [0.2, 0.25) is 10.0 Å². The maximum Gasteiger partial charge on any atom is 0.437 e. The molecule has 0 aliphatic heterocycles. The van der Waals surface area contributed by atoms with Crippen LogP contribution in [-0.2, 0) is 15.9 Å². The molecule has 3 aromatic carbocycles. The minimum Gasteiger partial charge on any atom is -0.444 e. The largest absolute Gasteiger partial charge is 0.444 e. The van der Waals surface area contributed by atoms with Crippen LogP contribution in [0.5, 0.6) is 0 Å². The number of benzene rings is 3. The minimum atomic E-state index is -0.842. The van der Waals surface area contributed by atoms with Gasteiger partial charge in [0, 0.05) is 49.8 Å². The number of amides is 2. The molecule has 4 N–H and O–H groups in total. The van der Waals surface area contributed by atoms with Gasteiger partial charge in [-0.25, -0.2) is 9.59 Å². The average Bonchev–Trinajstić information content (AvgIpc) is 3.21. The highest BCUT2D eigenvalue weighted by Gasteiger charge is 2.20. The fourth-order valence-corrected chi connectivity index (χ4v) is 4.52. The van der Waals surface area contributed by atoms with Crippen LogP contribution in [0, 0.1) is 0 Å². The van der Waals surface area contributed by atoms with Crippen molar-refractivity contribution in [3.63, 3.8) is 0 Å². The number of aliphatic imine (C=N–C) groups is 1. The summed E-state index contributed by atoms with van der Waals surface area (Å²) in [6.45, 7) is 10.8. The monoisotopic (exact) mass is 611 g/mol. The van der Waals surface area contributed by atoms with Crippen LogP contribution < -0.4 is 16.0 Å². The van der Waals surface area contributed by atoms with Crippen molar-refractivity contribution in [1.29, 1.82) is 0 Å². The Hall–Kier alpha value is -3.95. The van der Waals surface area contributed by atoms with Crippen LogP contribution in [0.15, 0.2) is 59.6 Å². The number of hydrogen-bond donors (Lipinski definition) is 4. The van der Waals surface area contributed by atoms with Crippen molar-refractivity contribution < 1.29 is 19.1 Å². The fourth-order valence-electron chi connectivity index (χ4n) is 4.22. The van der Waals surface area contributed by atoms with Crippen LogP contribution >= 0.6 is 23.2 Å². The van der Waals surface area contributed by atoms with Crippen LogP contribution in [-0.4, -0.2) is 40.9 Å². The molecule has 0 aliphatic rings. The Bertz CT molecular complexity index is 1630. The van der Waals surface area contributed by atoms with E-state index in [0.717, 1.165) is 38.7 Å². The van der Waals surface area contributed by atoms with Crippen LogP contribution in [0.3, 0.4) is 0 Å². The molecule has 0 spiro atoms. The first-order valence-corrected chi connectivity index (χ1v) is 14.2. The predicted molar refractivity (Wildman–Crippen MR) is 170 cm³/mol. The van der Waals surface area contributed by atoms with Crippen LogP contribution in [0.4, 0.5) is 21.0 Å². The number of ether oxygens (including phenoxy) is 2. The number of carbonyl (C=O) groups is 2. The third kappa shape index (κ3) is 8.77. The van der Waals surface area contributed by atoms with Gasteiger partial charge < -0.3 is 25.1 Å². The third-order valence-electron chi connectivity index (χ3n) is 5.79. The number of aromatic amines is 1. The van der Waals surface area contributed by atoms with Gasteiger partial charge in [0.15, 0.2) is 0 Å². The summed E-state index contributed by atoms with van der Waals surface area (Å²) in [6.07, 6.45) is -1.08. The maximum atomic E-state index is 12.5. The summed E-state index contributed by atoms with van der Waals surface area (Å²) >= 11 is 12.4. The number of fused-ring (bicyclic) bond motifs is 3. The van der Waals surface area contributed by atoms with Gasteiger partial charge in [-0.15, -0.1) is 4.99 Å². The van der Waals surface area contributed by atoms with Crippen molar-refractivity contribution in [3.8, 4) is 0 Å². The number of carbonyl (C=O) groups excluding carboxylic acids is 2. The first-order chi connectivity index (χ1) is 19.6. The molecule has 0 bridgehead atoms. The van der Waals surface area contributed by atoms with Gasteiger partial charge in [-0.05, 0) is 108 Å². The predicted octanol–water partition coefficient (Wildman–Crippen LogP) is 8.32. The average molecular weight is 613 g/mol. The quantitative estimate of drug-likeness (QED) is 0.133. The van der Waals surface area contributed by atoms with E-state index in [9.17, 15) is 9.59 Å². The van der Waals surface area contributed by atoms with Crippen molar-refractivity contribution in [2.75, 3.05) is 11.9 Å². The molecule has 1 aromatic heterocycles. The van der Waals surface area contributed by atoms with Crippen molar-refractivity contribution in [1.82, 2.24) is 15.6 Å². The molecule has 0 saturated carbocycles. The lowest BCUT2D eigenvalue weighted by molar-refractivity contribution is 0.0560. The number of aromatic nitrogens is 1. The molecule has 0 saturated heterocycles. The summed E-state index contributed by atoms with van der Waals surface area (Å²) in [5.41, 5.74) is 3.15. The van der Waals surface area contributed by atoms with Gasteiger partial charge in [0.2, 0.25) is 5.96 Å².